The lowest BCUT2D eigenvalue weighted by Crippen LogP contribution is -2.44. The number of likely N-dealkylation sites (tertiary alicyclic amines) is 2. The molecule has 0 bridgehead atoms. The molecule has 110 valence electrons. The first-order valence-electron chi connectivity index (χ1n) is 7.73. The highest BCUT2D eigenvalue weighted by atomic mass is 16.5. The van der Waals surface area contributed by atoms with Crippen molar-refractivity contribution in [2.45, 2.75) is 25.8 Å². The van der Waals surface area contributed by atoms with Crippen LogP contribution >= 0.6 is 0 Å². The summed E-state index contributed by atoms with van der Waals surface area (Å²) in [4.78, 5) is 5.14. The summed E-state index contributed by atoms with van der Waals surface area (Å²) in [5.74, 6) is 0.946. The van der Waals surface area contributed by atoms with Crippen LogP contribution in [0.1, 0.15) is 24.8 Å². The summed E-state index contributed by atoms with van der Waals surface area (Å²) in [6.07, 6.45) is 4.14. The molecule has 0 unspecified atom stereocenters. The molecule has 0 aliphatic carbocycles. The summed E-state index contributed by atoms with van der Waals surface area (Å²) in [6.45, 7) is 6.15. The average molecular weight is 274 g/mol. The number of methoxy groups -OCH3 is 1. The molecule has 0 N–H and O–H groups in total. The van der Waals surface area contributed by atoms with Gasteiger partial charge in [0, 0.05) is 19.6 Å². The van der Waals surface area contributed by atoms with Gasteiger partial charge in [-0.15, -0.1) is 0 Å². The van der Waals surface area contributed by atoms with Crippen molar-refractivity contribution in [1.82, 2.24) is 9.80 Å². The van der Waals surface area contributed by atoms with Gasteiger partial charge in [0.1, 0.15) is 5.75 Å². The largest absolute Gasteiger partial charge is 0.497 e. The number of hydrogen-bond donors (Lipinski definition) is 0. The minimum absolute atomic E-state index is 0.569. The highest BCUT2D eigenvalue weighted by molar-refractivity contribution is 5.27. The van der Waals surface area contributed by atoms with E-state index in [0.717, 1.165) is 12.3 Å². The standard InChI is InChI=1S/C17H26N2O/c1-18-11-9-17(13-18)8-3-10-19(14-17)12-15-4-6-16(20-2)7-5-15/h4-7H,3,8-14H2,1-2H3/t17-/m0/s1. The molecule has 2 fully saturated rings. The van der Waals surface area contributed by atoms with Crippen LogP contribution in [0.5, 0.6) is 5.75 Å². The molecule has 3 nitrogen and oxygen atoms in total. The normalized spacial score (nSPS) is 28.1. The maximum absolute atomic E-state index is 5.23. The predicted molar refractivity (Wildman–Crippen MR) is 82.1 cm³/mol. The van der Waals surface area contributed by atoms with E-state index in [0.29, 0.717) is 5.41 Å². The fourth-order valence-electron chi connectivity index (χ4n) is 3.93. The summed E-state index contributed by atoms with van der Waals surface area (Å²) in [7, 11) is 3.98. The van der Waals surface area contributed by atoms with Crippen LogP contribution < -0.4 is 4.74 Å². The van der Waals surface area contributed by atoms with Gasteiger partial charge < -0.3 is 9.64 Å². The number of nitrogens with zero attached hydrogens (tertiary/aromatic N) is 2. The molecule has 0 aromatic heterocycles. The molecular formula is C17H26N2O. The average Bonchev–Trinajstić information content (AvgIpc) is 2.80. The molecule has 2 saturated heterocycles. The van der Waals surface area contributed by atoms with Gasteiger partial charge in [-0.2, -0.15) is 0 Å². The topological polar surface area (TPSA) is 15.7 Å². The molecule has 3 heteroatoms. The van der Waals surface area contributed by atoms with Crippen LogP contribution in [0.4, 0.5) is 0 Å². The van der Waals surface area contributed by atoms with E-state index in [1.165, 1.54) is 51.0 Å². The van der Waals surface area contributed by atoms with Gasteiger partial charge in [0.2, 0.25) is 0 Å². The predicted octanol–water partition coefficient (Wildman–Crippen LogP) is 2.61. The monoisotopic (exact) mass is 274 g/mol. The van der Waals surface area contributed by atoms with E-state index in [1.54, 1.807) is 7.11 Å². The molecule has 0 saturated carbocycles. The number of piperidine rings is 1. The first-order chi connectivity index (χ1) is 9.69. The van der Waals surface area contributed by atoms with Gasteiger partial charge in [0.15, 0.2) is 0 Å². The van der Waals surface area contributed by atoms with Gasteiger partial charge in [0.25, 0.3) is 0 Å². The van der Waals surface area contributed by atoms with E-state index in [9.17, 15) is 0 Å². The molecule has 2 aliphatic heterocycles. The lowest BCUT2D eigenvalue weighted by atomic mass is 9.79. The van der Waals surface area contributed by atoms with Crippen LogP contribution in [0.15, 0.2) is 24.3 Å². The van der Waals surface area contributed by atoms with Gasteiger partial charge in [0.05, 0.1) is 7.11 Å². The second-order valence-corrected chi connectivity index (χ2v) is 6.65. The quantitative estimate of drug-likeness (QED) is 0.842. The Balaban J connectivity index is 1.62. The second-order valence-electron chi connectivity index (χ2n) is 6.65. The van der Waals surface area contributed by atoms with Gasteiger partial charge in [-0.1, -0.05) is 12.1 Å². The zero-order valence-electron chi connectivity index (χ0n) is 12.8. The Morgan fingerprint density at radius 3 is 2.55 bits per heavy atom. The van der Waals surface area contributed by atoms with Gasteiger partial charge in [-0.05, 0) is 62.5 Å². The van der Waals surface area contributed by atoms with Crippen molar-refractivity contribution in [2.75, 3.05) is 40.3 Å². The number of rotatable bonds is 3. The zero-order valence-corrected chi connectivity index (χ0v) is 12.8. The summed E-state index contributed by atoms with van der Waals surface area (Å²) in [5.41, 5.74) is 1.97. The summed E-state index contributed by atoms with van der Waals surface area (Å²) >= 11 is 0. The molecule has 3 rings (SSSR count). The van der Waals surface area contributed by atoms with Crippen molar-refractivity contribution in [2.24, 2.45) is 5.41 Å². The van der Waals surface area contributed by atoms with E-state index < -0.39 is 0 Å². The molecule has 1 spiro atoms. The lowest BCUT2D eigenvalue weighted by Gasteiger charge is -2.40. The number of ether oxygens (including phenoxy) is 1. The van der Waals surface area contributed by atoms with Crippen molar-refractivity contribution in [3.8, 4) is 5.75 Å². The summed E-state index contributed by atoms with van der Waals surface area (Å²) in [6, 6.07) is 8.53. The number of hydrogen-bond acceptors (Lipinski definition) is 3. The molecule has 1 aromatic rings. The summed E-state index contributed by atoms with van der Waals surface area (Å²) < 4.78 is 5.23. The van der Waals surface area contributed by atoms with Crippen LogP contribution in [0.25, 0.3) is 0 Å². The molecule has 1 aromatic carbocycles. The molecule has 20 heavy (non-hydrogen) atoms. The first-order valence-corrected chi connectivity index (χ1v) is 7.73. The third kappa shape index (κ3) is 2.99. The Kier molecular flexibility index (Phi) is 3.99. The van der Waals surface area contributed by atoms with E-state index in [2.05, 4.69) is 41.1 Å². The Labute approximate surface area is 122 Å². The molecule has 2 aliphatic rings. The van der Waals surface area contributed by atoms with Gasteiger partial charge >= 0.3 is 0 Å². The molecule has 2 heterocycles. The minimum atomic E-state index is 0.569. The maximum Gasteiger partial charge on any atom is 0.118 e. The van der Waals surface area contributed by atoms with E-state index in [-0.39, 0.29) is 0 Å². The Bertz CT molecular complexity index is 441. The molecule has 0 radical (unpaired) electrons. The SMILES string of the molecule is COc1ccc(CN2CCC[C@@]3(CCN(C)C3)C2)cc1. The first kappa shape index (κ1) is 13.9. The van der Waals surface area contributed by atoms with Crippen LogP contribution in [0.3, 0.4) is 0 Å². The van der Waals surface area contributed by atoms with Crippen molar-refractivity contribution >= 4 is 0 Å². The molecular weight excluding hydrogens is 248 g/mol. The third-order valence-electron chi connectivity index (χ3n) is 4.93. The third-order valence-corrected chi connectivity index (χ3v) is 4.93. The highest BCUT2D eigenvalue weighted by Gasteiger charge is 2.39. The van der Waals surface area contributed by atoms with E-state index >= 15 is 0 Å². The maximum atomic E-state index is 5.23. The highest BCUT2D eigenvalue weighted by Crippen LogP contribution is 2.38. The second kappa shape index (κ2) is 5.74. The Hall–Kier alpha value is -1.06. The van der Waals surface area contributed by atoms with E-state index in [4.69, 9.17) is 4.74 Å². The summed E-state index contributed by atoms with van der Waals surface area (Å²) in [5, 5.41) is 0. The van der Waals surface area contributed by atoms with Crippen molar-refractivity contribution in [3.05, 3.63) is 29.8 Å². The minimum Gasteiger partial charge on any atom is -0.497 e. The van der Waals surface area contributed by atoms with Crippen molar-refractivity contribution < 1.29 is 4.74 Å². The van der Waals surface area contributed by atoms with E-state index in [1.807, 2.05) is 0 Å². The smallest absolute Gasteiger partial charge is 0.118 e. The van der Waals surface area contributed by atoms with Crippen LogP contribution in [0, 0.1) is 5.41 Å². The van der Waals surface area contributed by atoms with Crippen LogP contribution in [-0.2, 0) is 6.54 Å². The Morgan fingerprint density at radius 2 is 1.90 bits per heavy atom. The molecule has 1 atom stereocenters. The zero-order chi connectivity index (χ0) is 14.0. The van der Waals surface area contributed by atoms with Gasteiger partial charge in [-0.25, -0.2) is 0 Å². The molecule has 0 amide bonds. The van der Waals surface area contributed by atoms with Crippen LogP contribution in [0.2, 0.25) is 0 Å². The lowest BCUT2D eigenvalue weighted by molar-refractivity contribution is 0.0899. The van der Waals surface area contributed by atoms with Crippen molar-refractivity contribution in [3.63, 3.8) is 0 Å². The Morgan fingerprint density at radius 1 is 1.10 bits per heavy atom. The van der Waals surface area contributed by atoms with Gasteiger partial charge in [-0.3, -0.25) is 4.90 Å². The fraction of sp³-hybridized carbons (Fsp3) is 0.647. The van der Waals surface area contributed by atoms with Crippen molar-refractivity contribution in [1.29, 1.82) is 0 Å². The number of benzene rings is 1. The fourth-order valence-corrected chi connectivity index (χ4v) is 3.93. The van der Waals surface area contributed by atoms with Crippen LogP contribution in [-0.4, -0.2) is 50.1 Å².